The Morgan fingerprint density at radius 3 is 3.00 bits per heavy atom. The molecule has 0 bridgehead atoms. The van der Waals surface area contributed by atoms with Gasteiger partial charge in [0.15, 0.2) is 0 Å². The van der Waals surface area contributed by atoms with Crippen molar-refractivity contribution in [1.29, 1.82) is 0 Å². The zero-order chi connectivity index (χ0) is 14.1. The van der Waals surface area contributed by atoms with Gasteiger partial charge in [-0.25, -0.2) is 0 Å². The number of esters is 1. The predicted molar refractivity (Wildman–Crippen MR) is 71.9 cm³/mol. The Kier molecular flexibility index (Phi) is 7.97. The molecule has 19 heavy (non-hydrogen) atoms. The van der Waals surface area contributed by atoms with Gasteiger partial charge in [0.1, 0.15) is 0 Å². The van der Waals surface area contributed by atoms with Crippen LogP contribution >= 0.6 is 0 Å². The maximum Gasteiger partial charge on any atom is 0.308 e. The van der Waals surface area contributed by atoms with Gasteiger partial charge < -0.3 is 19.9 Å². The normalized spacial score (nSPS) is 22.2. The molecule has 0 aromatic rings. The van der Waals surface area contributed by atoms with Crippen LogP contribution in [0.4, 0.5) is 0 Å². The molecular weight excluding hydrogens is 248 g/mol. The van der Waals surface area contributed by atoms with E-state index in [1.807, 2.05) is 6.92 Å². The minimum absolute atomic E-state index is 0.0652. The first-order valence-electron chi connectivity index (χ1n) is 6.92. The van der Waals surface area contributed by atoms with E-state index in [9.17, 15) is 4.79 Å². The lowest BCUT2D eigenvalue weighted by Crippen LogP contribution is -2.44. The molecule has 0 aromatic carbocycles. The Morgan fingerprint density at radius 2 is 2.37 bits per heavy atom. The highest BCUT2D eigenvalue weighted by Crippen LogP contribution is 2.11. The summed E-state index contributed by atoms with van der Waals surface area (Å²) in [7, 11) is 1.40. The van der Waals surface area contributed by atoms with Crippen molar-refractivity contribution >= 4 is 5.97 Å². The topological polar surface area (TPSA) is 74.0 Å². The number of ether oxygens (including phenoxy) is 3. The molecule has 0 aromatic heterocycles. The Balaban J connectivity index is 2.28. The molecular formula is C13H26N2O4. The Morgan fingerprint density at radius 1 is 1.58 bits per heavy atom. The predicted octanol–water partition coefficient (Wildman–Crippen LogP) is 0.00420. The van der Waals surface area contributed by atoms with Crippen LogP contribution in [0, 0.1) is 0 Å². The molecule has 2 unspecified atom stereocenters. The smallest absolute Gasteiger partial charge is 0.308 e. The maximum atomic E-state index is 11.2. The van der Waals surface area contributed by atoms with E-state index in [1.54, 1.807) is 0 Å². The van der Waals surface area contributed by atoms with Crippen molar-refractivity contribution in [3.05, 3.63) is 0 Å². The summed E-state index contributed by atoms with van der Waals surface area (Å²) >= 11 is 0. The number of methoxy groups -OCH3 is 1. The van der Waals surface area contributed by atoms with Crippen molar-refractivity contribution in [1.82, 2.24) is 4.90 Å². The first kappa shape index (κ1) is 16.4. The number of carbonyl (C=O) groups excluding carboxylic acids is 1. The summed E-state index contributed by atoms with van der Waals surface area (Å²) in [5, 5.41) is 0. The molecule has 0 radical (unpaired) electrons. The molecule has 2 N–H and O–H groups in total. The Bertz CT molecular complexity index is 263. The average Bonchev–Trinajstić information content (AvgIpc) is 2.43. The standard InChI is InChI=1S/C13H26N2O4/c1-3-18-11(9-14)4-5-15-6-7-19-12(10-15)8-13(16)17-2/h11-12H,3-10,14H2,1-2H3. The van der Waals surface area contributed by atoms with E-state index in [0.29, 0.717) is 26.2 Å². The molecule has 0 aliphatic carbocycles. The average molecular weight is 274 g/mol. The van der Waals surface area contributed by atoms with Gasteiger partial charge in [0.05, 0.1) is 32.3 Å². The fraction of sp³-hybridized carbons (Fsp3) is 0.923. The number of carbonyl (C=O) groups is 1. The molecule has 1 saturated heterocycles. The van der Waals surface area contributed by atoms with Gasteiger partial charge in [0, 0.05) is 32.8 Å². The van der Waals surface area contributed by atoms with Crippen molar-refractivity contribution < 1.29 is 19.0 Å². The summed E-state index contributed by atoms with van der Waals surface area (Å²) in [4.78, 5) is 13.5. The summed E-state index contributed by atoms with van der Waals surface area (Å²) in [6.07, 6.45) is 1.28. The van der Waals surface area contributed by atoms with Crippen LogP contribution in [-0.2, 0) is 19.0 Å². The highest BCUT2D eigenvalue weighted by Gasteiger charge is 2.23. The van der Waals surface area contributed by atoms with Crippen LogP contribution in [0.3, 0.4) is 0 Å². The minimum Gasteiger partial charge on any atom is -0.469 e. The van der Waals surface area contributed by atoms with Gasteiger partial charge in [-0.1, -0.05) is 0 Å². The number of rotatable bonds is 8. The quantitative estimate of drug-likeness (QED) is 0.628. The van der Waals surface area contributed by atoms with E-state index in [0.717, 1.165) is 26.1 Å². The van der Waals surface area contributed by atoms with Crippen molar-refractivity contribution in [3.63, 3.8) is 0 Å². The third-order valence-electron chi connectivity index (χ3n) is 3.28. The largest absolute Gasteiger partial charge is 0.469 e. The molecule has 0 spiro atoms. The summed E-state index contributed by atoms with van der Waals surface area (Å²) < 4.78 is 15.8. The van der Waals surface area contributed by atoms with E-state index in [2.05, 4.69) is 9.64 Å². The molecule has 0 saturated carbocycles. The summed E-state index contributed by atoms with van der Waals surface area (Å²) in [6, 6.07) is 0. The van der Waals surface area contributed by atoms with Crippen LogP contribution in [-0.4, -0.2) is 69.6 Å². The highest BCUT2D eigenvalue weighted by molar-refractivity contribution is 5.69. The fourth-order valence-corrected chi connectivity index (χ4v) is 2.21. The highest BCUT2D eigenvalue weighted by atomic mass is 16.5. The molecule has 6 heteroatoms. The lowest BCUT2D eigenvalue weighted by atomic mass is 10.2. The van der Waals surface area contributed by atoms with Gasteiger partial charge >= 0.3 is 5.97 Å². The Hall–Kier alpha value is -0.690. The molecule has 1 heterocycles. The summed E-state index contributed by atoms with van der Waals surface area (Å²) in [5.41, 5.74) is 5.66. The lowest BCUT2D eigenvalue weighted by molar-refractivity contribution is -0.145. The van der Waals surface area contributed by atoms with Gasteiger partial charge in [0.2, 0.25) is 0 Å². The lowest BCUT2D eigenvalue weighted by Gasteiger charge is -2.33. The minimum atomic E-state index is -0.221. The van der Waals surface area contributed by atoms with Crippen molar-refractivity contribution in [2.75, 3.05) is 46.5 Å². The van der Waals surface area contributed by atoms with Crippen LogP contribution < -0.4 is 5.73 Å². The van der Waals surface area contributed by atoms with Crippen molar-refractivity contribution in [3.8, 4) is 0 Å². The summed E-state index contributed by atoms with van der Waals surface area (Å²) in [6.45, 7) is 6.44. The Labute approximate surface area is 115 Å². The monoisotopic (exact) mass is 274 g/mol. The summed E-state index contributed by atoms with van der Waals surface area (Å²) in [5.74, 6) is -0.221. The van der Waals surface area contributed by atoms with Crippen molar-refractivity contribution in [2.24, 2.45) is 5.73 Å². The molecule has 1 fully saturated rings. The van der Waals surface area contributed by atoms with Gasteiger partial charge in [-0.05, 0) is 13.3 Å². The van der Waals surface area contributed by atoms with Gasteiger partial charge in [-0.3, -0.25) is 9.69 Å². The van der Waals surface area contributed by atoms with Crippen LogP contribution in [0.2, 0.25) is 0 Å². The number of morpholine rings is 1. The zero-order valence-corrected chi connectivity index (χ0v) is 12.0. The molecule has 1 aliphatic rings. The number of nitrogens with zero attached hydrogens (tertiary/aromatic N) is 1. The first-order valence-corrected chi connectivity index (χ1v) is 6.92. The molecule has 1 rings (SSSR count). The SMILES string of the molecule is CCOC(CN)CCN1CCOC(CC(=O)OC)C1. The maximum absolute atomic E-state index is 11.2. The number of hydrogen-bond donors (Lipinski definition) is 1. The van der Waals surface area contributed by atoms with Crippen LogP contribution in [0.15, 0.2) is 0 Å². The van der Waals surface area contributed by atoms with Crippen LogP contribution in [0.5, 0.6) is 0 Å². The third kappa shape index (κ3) is 6.33. The second-order valence-corrected chi connectivity index (χ2v) is 4.68. The van der Waals surface area contributed by atoms with Crippen molar-refractivity contribution in [2.45, 2.75) is 32.0 Å². The fourth-order valence-electron chi connectivity index (χ4n) is 2.21. The van der Waals surface area contributed by atoms with Gasteiger partial charge in [-0.15, -0.1) is 0 Å². The molecule has 6 nitrogen and oxygen atoms in total. The van der Waals surface area contributed by atoms with E-state index < -0.39 is 0 Å². The van der Waals surface area contributed by atoms with E-state index in [4.69, 9.17) is 15.2 Å². The molecule has 1 aliphatic heterocycles. The second kappa shape index (κ2) is 9.25. The first-order chi connectivity index (χ1) is 9.19. The molecule has 2 atom stereocenters. The van der Waals surface area contributed by atoms with Gasteiger partial charge in [-0.2, -0.15) is 0 Å². The van der Waals surface area contributed by atoms with Crippen LogP contribution in [0.1, 0.15) is 19.8 Å². The van der Waals surface area contributed by atoms with E-state index >= 15 is 0 Å². The van der Waals surface area contributed by atoms with Gasteiger partial charge in [0.25, 0.3) is 0 Å². The molecule has 112 valence electrons. The number of nitrogens with two attached hydrogens (primary N) is 1. The number of hydrogen-bond acceptors (Lipinski definition) is 6. The van der Waals surface area contributed by atoms with E-state index in [1.165, 1.54) is 7.11 Å². The third-order valence-corrected chi connectivity index (χ3v) is 3.28. The van der Waals surface area contributed by atoms with E-state index in [-0.39, 0.29) is 18.2 Å². The molecule has 0 amide bonds. The second-order valence-electron chi connectivity index (χ2n) is 4.68. The van der Waals surface area contributed by atoms with Crippen LogP contribution in [0.25, 0.3) is 0 Å². The zero-order valence-electron chi connectivity index (χ0n) is 12.0.